The average Bonchev–Trinajstić information content (AvgIpc) is 2.18. The molecule has 0 radical (unpaired) electrons. The van der Waals surface area contributed by atoms with Crippen molar-refractivity contribution in [3.8, 4) is 24.0 Å². The predicted octanol–water partition coefficient (Wildman–Crippen LogP) is 0.469. The maximum absolute atomic E-state index is 5.54. The minimum atomic E-state index is 0.248. The normalized spacial score (nSPS) is 9.14. The number of anilines is 1. The van der Waals surface area contributed by atoms with Gasteiger partial charge in [0.15, 0.2) is 5.82 Å². The molecule has 14 heavy (non-hydrogen) atoms. The van der Waals surface area contributed by atoms with E-state index in [-0.39, 0.29) is 5.82 Å². The van der Waals surface area contributed by atoms with Crippen LogP contribution in [0.2, 0.25) is 0 Å². The summed E-state index contributed by atoms with van der Waals surface area (Å²) in [5, 5.41) is 0. The van der Waals surface area contributed by atoms with Crippen molar-refractivity contribution in [3.63, 3.8) is 0 Å². The number of hydrogen-bond donors (Lipinski definition) is 1. The fourth-order valence-corrected chi connectivity index (χ4v) is 0.872. The van der Waals surface area contributed by atoms with Crippen molar-refractivity contribution >= 4 is 5.82 Å². The molecular weight excluding hydrogens is 182 g/mol. The smallest absolute Gasteiger partial charge is 0.262 e. The first-order chi connectivity index (χ1) is 6.79. The van der Waals surface area contributed by atoms with Crippen LogP contribution in [-0.4, -0.2) is 23.7 Å². The molecule has 0 spiro atoms. The van der Waals surface area contributed by atoms with Crippen molar-refractivity contribution in [1.82, 2.24) is 9.97 Å². The Morgan fingerprint density at radius 3 is 3.00 bits per heavy atom. The Balaban J connectivity index is 2.76. The first kappa shape index (κ1) is 10.1. The van der Waals surface area contributed by atoms with Crippen LogP contribution < -0.4 is 15.2 Å². The van der Waals surface area contributed by atoms with Crippen LogP contribution in [0.5, 0.6) is 11.6 Å². The van der Waals surface area contributed by atoms with E-state index >= 15 is 0 Å². The van der Waals surface area contributed by atoms with Crippen molar-refractivity contribution in [2.24, 2.45) is 0 Å². The summed E-state index contributed by atoms with van der Waals surface area (Å²) in [4.78, 5) is 7.64. The number of nitrogens with zero attached hydrogens (tertiary/aromatic N) is 2. The number of rotatable bonds is 4. The van der Waals surface area contributed by atoms with Crippen LogP contribution >= 0.6 is 0 Å². The van der Waals surface area contributed by atoms with Gasteiger partial charge in [0, 0.05) is 6.42 Å². The molecule has 0 saturated carbocycles. The van der Waals surface area contributed by atoms with Gasteiger partial charge in [0.05, 0.1) is 7.11 Å². The van der Waals surface area contributed by atoms with Crippen LogP contribution in [0.4, 0.5) is 5.82 Å². The first-order valence-electron chi connectivity index (χ1n) is 4.00. The van der Waals surface area contributed by atoms with Gasteiger partial charge in [0.25, 0.3) is 5.88 Å². The molecule has 1 aromatic heterocycles. The summed E-state index contributed by atoms with van der Waals surface area (Å²) >= 11 is 0. The van der Waals surface area contributed by atoms with Crippen LogP contribution in [0.25, 0.3) is 0 Å². The second-order valence-corrected chi connectivity index (χ2v) is 2.40. The Labute approximate surface area is 82.3 Å². The van der Waals surface area contributed by atoms with Gasteiger partial charge in [-0.3, -0.25) is 0 Å². The molecule has 0 fully saturated rings. The zero-order chi connectivity index (χ0) is 10.4. The highest BCUT2D eigenvalue weighted by Gasteiger charge is 2.09. The number of hydrogen-bond acceptors (Lipinski definition) is 5. The fraction of sp³-hybridized carbons (Fsp3) is 0.333. The van der Waals surface area contributed by atoms with Gasteiger partial charge in [0.1, 0.15) is 12.9 Å². The second kappa shape index (κ2) is 4.92. The molecule has 0 aliphatic carbocycles. The molecule has 0 aliphatic rings. The van der Waals surface area contributed by atoms with Crippen molar-refractivity contribution in [2.75, 3.05) is 19.5 Å². The van der Waals surface area contributed by atoms with Crippen LogP contribution in [0.1, 0.15) is 6.42 Å². The van der Waals surface area contributed by atoms with E-state index in [1.54, 1.807) is 0 Å². The molecule has 0 saturated heterocycles. The third kappa shape index (κ3) is 2.26. The number of methoxy groups -OCH3 is 1. The summed E-state index contributed by atoms with van der Waals surface area (Å²) in [6.07, 6.45) is 6.89. The van der Waals surface area contributed by atoms with Gasteiger partial charge in [0.2, 0.25) is 5.75 Å². The highest BCUT2D eigenvalue weighted by molar-refractivity contribution is 5.51. The molecule has 0 aliphatic heterocycles. The molecule has 1 aromatic rings. The Kier molecular flexibility index (Phi) is 3.56. The molecule has 0 bridgehead atoms. The van der Waals surface area contributed by atoms with E-state index in [1.807, 2.05) is 0 Å². The van der Waals surface area contributed by atoms with Gasteiger partial charge >= 0.3 is 0 Å². The van der Waals surface area contributed by atoms with Crippen LogP contribution in [0.3, 0.4) is 0 Å². The largest absolute Gasteiger partial charge is 0.489 e. The molecule has 2 N–H and O–H groups in total. The molecule has 1 rings (SSSR count). The highest BCUT2D eigenvalue weighted by atomic mass is 16.5. The Morgan fingerprint density at radius 2 is 2.36 bits per heavy atom. The summed E-state index contributed by atoms with van der Waals surface area (Å²) in [7, 11) is 1.48. The molecular formula is C9H11N3O2. The van der Waals surface area contributed by atoms with Crippen molar-refractivity contribution < 1.29 is 9.47 Å². The lowest BCUT2D eigenvalue weighted by Crippen LogP contribution is -2.04. The van der Waals surface area contributed by atoms with Crippen LogP contribution in [0, 0.1) is 12.3 Å². The number of terminal acetylenes is 1. The lowest BCUT2D eigenvalue weighted by Gasteiger charge is -2.08. The van der Waals surface area contributed by atoms with E-state index in [0.717, 1.165) is 0 Å². The Hall–Kier alpha value is -1.96. The van der Waals surface area contributed by atoms with E-state index in [4.69, 9.17) is 21.6 Å². The van der Waals surface area contributed by atoms with Crippen molar-refractivity contribution in [3.05, 3.63) is 6.33 Å². The predicted molar refractivity (Wildman–Crippen MR) is 51.9 cm³/mol. The third-order valence-corrected chi connectivity index (χ3v) is 1.49. The minimum Gasteiger partial charge on any atom is -0.489 e. The molecule has 0 unspecified atom stereocenters. The number of nitrogens with two attached hydrogens (primary N) is 1. The quantitative estimate of drug-likeness (QED) is 0.556. The third-order valence-electron chi connectivity index (χ3n) is 1.49. The minimum absolute atomic E-state index is 0.248. The zero-order valence-electron chi connectivity index (χ0n) is 7.86. The number of nitrogen functional groups attached to an aromatic ring is 1. The van der Waals surface area contributed by atoms with Crippen LogP contribution in [-0.2, 0) is 0 Å². The molecule has 1 heterocycles. The van der Waals surface area contributed by atoms with Gasteiger partial charge < -0.3 is 15.2 Å². The van der Waals surface area contributed by atoms with E-state index in [0.29, 0.717) is 24.7 Å². The lowest BCUT2D eigenvalue weighted by atomic mass is 10.5. The van der Waals surface area contributed by atoms with Crippen LogP contribution in [0.15, 0.2) is 6.33 Å². The zero-order valence-corrected chi connectivity index (χ0v) is 7.86. The van der Waals surface area contributed by atoms with Gasteiger partial charge in [-0.25, -0.2) is 4.98 Å². The summed E-state index contributed by atoms with van der Waals surface area (Å²) in [5.41, 5.74) is 5.54. The SMILES string of the molecule is C#CCCOc1ncnc(N)c1OC. The molecule has 74 valence electrons. The van der Waals surface area contributed by atoms with E-state index in [1.165, 1.54) is 13.4 Å². The molecule has 0 aromatic carbocycles. The molecule has 5 nitrogen and oxygen atoms in total. The van der Waals surface area contributed by atoms with Gasteiger partial charge in [-0.2, -0.15) is 4.98 Å². The second-order valence-electron chi connectivity index (χ2n) is 2.40. The lowest BCUT2D eigenvalue weighted by molar-refractivity contribution is 0.289. The Morgan fingerprint density at radius 1 is 1.57 bits per heavy atom. The highest BCUT2D eigenvalue weighted by Crippen LogP contribution is 2.28. The molecule has 0 atom stereocenters. The summed E-state index contributed by atoms with van der Waals surface area (Å²) in [5.74, 6) is 3.35. The maximum Gasteiger partial charge on any atom is 0.262 e. The Bertz CT molecular complexity index is 346. The van der Waals surface area contributed by atoms with Crippen molar-refractivity contribution in [1.29, 1.82) is 0 Å². The summed E-state index contributed by atoms with van der Waals surface area (Å²) in [6, 6.07) is 0. The monoisotopic (exact) mass is 193 g/mol. The van der Waals surface area contributed by atoms with Crippen molar-refractivity contribution in [2.45, 2.75) is 6.42 Å². The number of ether oxygens (including phenoxy) is 2. The van der Waals surface area contributed by atoms with Gasteiger partial charge in [-0.1, -0.05) is 0 Å². The van der Waals surface area contributed by atoms with Gasteiger partial charge in [-0.15, -0.1) is 12.3 Å². The molecule has 0 amide bonds. The summed E-state index contributed by atoms with van der Waals surface area (Å²) < 4.78 is 10.2. The number of aromatic nitrogens is 2. The average molecular weight is 193 g/mol. The van der Waals surface area contributed by atoms with E-state index in [9.17, 15) is 0 Å². The summed E-state index contributed by atoms with van der Waals surface area (Å²) in [6.45, 7) is 0.378. The molecule has 5 heteroatoms. The van der Waals surface area contributed by atoms with E-state index < -0.39 is 0 Å². The first-order valence-corrected chi connectivity index (χ1v) is 4.00. The van der Waals surface area contributed by atoms with Gasteiger partial charge in [-0.05, 0) is 0 Å². The fourth-order valence-electron chi connectivity index (χ4n) is 0.872. The standard InChI is InChI=1S/C9H11N3O2/c1-3-4-5-14-9-7(13-2)8(10)11-6-12-9/h1,6H,4-5H2,2H3,(H2,10,11,12). The maximum atomic E-state index is 5.54. The van der Waals surface area contributed by atoms with E-state index in [2.05, 4.69) is 15.9 Å². The topological polar surface area (TPSA) is 70.3 Å².